The summed E-state index contributed by atoms with van der Waals surface area (Å²) in [6, 6.07) is 8.84. The minimum Gasteiger partial charge on any atom is -0.271 e. The van der Waals surface area contributed by atoms with E-state index >= 15 is 0 Å². The van der Waals surface area contributed by atoms with Crippen LogP contribution < -0.4 is 11.3 Å². The highest BCUT2D eigenvalue weighted by Crippen LogP contribution is 2.25. The highest BCUT2D eigenvalue weighted by Gasteiger charge is 2.14. The number of benzene rings is 2. The minimum absolute atomic E-state index is 0.284. The molecule has 1 unspecified atom stereocenters. The minimum atomic E-state index is -0.391. The molecule has 0 aromatic heterocycles. The van der Waals surface area contributed by atoms with Gasteiger partial charge in [-0.1, -0.05) is 29.8 Å². The molecule has 0 aliphatic rings. The van der Waals surface area contributed by atoms with Crippen LogP contribution in [0.1, 0.15) is 22.7 Å². The molecule has 0 saturated heterocycles. The summed E-state index contributed by atoms with van der Waals surface area (Å²) in [5, 5.41) is 0.331. The van der Waals surface area contributed by atoms with Gasteiger partial charge in [0.2, 0.25) is 0 Å². The van der Waals surface area contributed by atoms with Gasteiger partial charge in [-0.2, -0.15) is 0 Å². The summed E-state index contributed by atoms with van der Waals surface area (Å²) in [5.41, 5.74) is 4.68. The van der Waals surface area contributed by atoms with Crippen LogP contribution in [-0.4, -0.2) is 0 Å². The topological polar surface area (TPSA) is 38.0 Å². The van der Waals surface area contributed by atoms with Gasteiger partial charge in [0, 0.05) is 5.02 Å². The van der Waals surface area contributed by atoms with Gasteiger partial charge in [0.1, 0.15) is 11.6 Å². The molecule has 0 aliphatic heterocycles. The Morgan fingerprint density at radius 3 is 2.55 bits per heavy atom. The highest BCUT2D eigenvalue weighted by atomic mass is 35.5. The standard InChI is InChI=1S/C15H15ClF2N2/c1-9-2-3-11(6-14(9)18)15(20-19)7-10-4-5-12(17)8-13(10)16/h2-6,8,15,20H,7,19H2,1H3. The van der Waals surface area contributed by atoms with E-state index in [2.05, 4.69) is 5.43 Å². The van der Waals surface area contributed by atoms with Crippen molar-refractivity contribution < 1.29 is 8.78 Å². The van der Waals surface area contributed by atoms with Crippen molar-refractivity contribution >= 4 is 11.6 Å². The maximum Gasteiger partial charge on any atom is 0.126 e. The second-order valence-corrected chi connectivity index (χ2v) is 5.07. The normalized spacial score (nSPS) is 12.4. The van der Waals surface area contributed by atoms with E-state index in [1.165, 1.54) is 18.2 Å². The first-order valence-electron chi connectivity index (χ1n) is 6.17. The highest BCUT2D eigenvalue weighted by molar-refractivity contribution is 6.31. The molecule has 2 nitrogen and oxygen atoms in total. The van der Waals surface area contributed by atoms with Gasteiger partial charge in [-0.15, -0.1) is 0 Å². The Hall–Kier alpha value is -1.49. The molecule has 2 aromatic rings. The molecule has 0 spiro atoms. The summed E-state index contributed by atoms with van der Waals surface area (Å²) in [5.74, 6) is 4.86. The Morgan fingerprint density at radius 2 is 1.95 bits per heavy atom. The first-order valence-corrected chi connectivity index (χ1v) is 6.55. The molecule has 0 heterocycles. The maximum absolute atomic E-state index is 13.6. The molecule has 1 atom stereocenters. The second kappa shape index (κ2) is 6.31. The zero-order chi connectivity index (χ0) is 14.7. The fraction of sp³-hybridized carbons (Fsp3) is 0.200. The van der Waals surface area contributed by atoms with Gasteiger partial charge < -0.3 is 0 Å². The monoisotopic (exact) mass is 296 g/mol. The van der Waals surface area contributed by atoms with Crippen molar-refractivity contribution in [1.82, 2.24) is 5.43 Å². The molecule has 5 heteroatoms. The summed E-state index contributed by atoms with van der Waals surface area (Å²) in [4.78, 5) is 0. The van der Waals surface area contributed by atoms with Gasteiger partial charge in [-0.05, 0) is 48.2 Å². The van der Waals surface area contributed by atoms with Crippen LogP contribution in [-0.2, 0) is 6.42 Å². The molecule has 3 N–H and O–H groups in total. The summed E-state index contributed by atoms with van der Waals surface area (Å²) >= 11 is 5.99. The van der Waals surface area contributed by atoms with Crippen LogP contribution in [0.4, 0.5) is 8.78 Å². The third-order valence-electron chi connectivity index (χ3n) is 3.24. The summed E-state index contributed by atoms with van der Waals surface area (Å²) in [6.45, 7) is 1.70. The Morgan fingerprint density at radius 1 is 1.20 bits per heavy atom. The van der Waals surface area contributed by atoms with Crippen LogP contribution in [0.5, 0.6) is 0 Å². The van der Waals surface area contributed by atoms with Crippen molar-refractivity contribution in [2.45, 2.75) is 19.4 Å². The van der Waals surface area contributed by atoms with Crippen LogP contribution in [0.15, 0.2) is 36.4 Å². The first kappa shape index (κ1) is 14.9. The lowest BCUT2D eigenvalue weighted by Gasteiger charge is -2.17. The van der Waals surface area contributed by atoms with Gasteiger partial charge in [0.05, 0.1) is 6.04 Å². The van der Waals surface area contributed by atoms with Crippen LogP contribution in [0.3, 0.4) is 0 Å². The van der Waals surface area contributed by atoms with Crippen LogP contribution in [0, 0.1) is 18.6 Å². The molecule has 0 amide bonds. The Labute approximate surface area is 121 Å². The van der Waals surface area contributed by atoms with Crippen molar-refractivity contribution in [3.63, 3.8) is 0 Å². The average Bonchev–Trinajstić information content (AvgIpc) is 2.41. The summed E-state index contributed by atoms with van der Waals surface area (Å²) in [7, 11) is 0. The van der Waals surface area contributed by atoms with Gasteiger partial charge in [-0.25, -0.2) is 8.78 Å². The number of halogens is 3. The van der Waals surface area contributed by atoms with E-state index < -0.39 is 5.82 Å². The Kier molecular flexibility index (Phi) is 4.70. The summed E-state index contributed by atoms with van der Waals surface area (Å²) in [6.07, 6.45) is 0.443. The lowest BCUT2D eigenvalue weighted by molar-refractivity contribution is 0.542. The zero-order valence-corrected chi connectivity index (χ0v) is 11.7. The van der Waals surface area contributed by atoms with E-state index in [1.807, 2.05) is 0 Å². The molecule has 0 aliphatic carbocycles. The van der Waals surface area contributed by atoms with E-state index in [-0.39, 0.29) is 11.9 Å². The number of hydrogen-bond donors (Lipinski definition) is 2. The van der Waals surface area contributed by atoms with Gasteiger partial charge in [0.25, 0.3) is 0 Å². The fourth-order valence-corrected chi connectivity index (χ4v) is 2.25. The van der Waals surface area contributed by atoms with Crippen molar-refractivity contribution in [3.8, 4) is 0 Å². The van der Waals surface area contributed by atoms with Crippen LogP contribution in [0.2, 0.25) is 5.02 Å². The van der Waals surface area contributed by atoms with Gasteiger partial charge in [0.15, 0.2) is 0 Å². The van der Waals surface area contributed by atoms with Crippen LogP contribution >= 0.6 is 11.6 Å². The molecule has 2 aromatic carbocycles. The fourth-order valence-electron chi connectivity index (χ4n) is 2.01. The molecule has 0 fully saturated rings. The number of rotatable bonds is 4. The van der Waals surface area contributed by atoms with Gasteiger partial charge in [-0.3, -0.25) is 11.3 Å². The number of nitrogens with two attached hydrogens (primary N) is 1. The lowest BCUT2D eigenvalue weighted by atomic mass is 9.98. The largest absolute Gasteiger partial charge is 0.271 e. The Bertz CT molecular complexity index is 617. The molecule has 20 heavy (non-hydrogen) atoms. The second-order valence-electron chi connectivity index (χ2n) is 4.67. The Balaban J connectivity index is 2.26. The maximum atomic E-state index is 13.6. The first-order chi connectivity index (χ1) is 9.51. The van der Waals surface area contributed by atoms with Crippen molar-refractivity contribution in [2.24, 2.45) is 5.84 Å². The third-order valence-corrected chi connectivity index (χ3v) is 3.59. The van der Waals surface area contributed by atoms with E-state index in [4.69, 9.17) is 17.4 Å². The smallest absolute Gasteiger partial charge is 0.126 e. The van der Waals surface area contributed by atoms with Crippen molar-refractivity contribution in [2.75, 3.05) is 0 Å². The molecule has 106 valence electrons. The number of hydrazine groups is 1. The summed E-state index contributed by atoms with van der Waals surface area (Å²) < 4.78 is 26.6. The molecule has 0 saturated carbocycles. The van der Waals surface area contributed by atoms with E-state index in [1.54, 1.807) is 25.1 Å². The number of hydrogen-bond acceptors (Lipinski definition) is 2. The van der Waals surface area contributed by atoms with Crippen molar-refractivity contribution in [1.29, 1.82) is 0 Å². The molecular formula is C15H15ClF2N2. The van der Waals surface area contributed by atoms with Crippen LogP contribution in [0.25, 0.3) is 0 Å². The quantitative estimate of drug-likeness (QED) is 0.667. The predicted octanol–water partition coefficient (Wildman–Crippen LogP) is 3.67. The zero-order valence-electron chi connectivity index (χ0n) is 11.0. The van der Waals surface area contributed by atoms with Gasteiger partial charge >= 0.3 is 0 Å². The molecule has 0 radical (unpaired) electrons. The number of aryl methyl sites for hydroxylation is 1. The number of nitrogens with one attached hydrogen (secondary N) is 1. The third kappa shape index (κ3) is 3.33. The lowest BCUT2D eigenvalue weighted by Crippen LogP contribution is -2.29. The van der Waals surface area contributed by atoms with E-state index in [0.717, 1.165) is 11.1 Å². The SMILES string of the molecule is Cc1ccc(C(Cc2ccc(F)cc2Cl)NN)cc1F. The van der Waals surface area contributed by atoms with Crippen molar-refractivity contribution in [3.05, 3.63) is 69.7 Å². The average molecular weight is 297 g/mol. The van der Waals surface area contributed by atoms with E-state index in [0.29, 0.717) is 17.0 Å². The molecule has 0 bridgehead atoms. The predicted molar refractivity (Wildman–Crippen MR) is 76.3 cm³/mol. The molecule has 2 rings (SSSR count). The van der Waals surface area contributed by atoms with E-state index in [9.17, 15) is 8.78 Å². The molecular weight excluding hydrogens is 282 g/mol.